The van der Waals surface area contributed by atoms with Gasteiger partial charge in [0.2, 0.25) is 0 Å². The van der Waals surface area contributed by atoms with Crippen LogP contribution in [0.1, 0.15) is 84.0 Å². The number of hydrogen-bond acceptors (Lipinski definition) is 1. The van der Waals surface area contributed by atoms with Crippen molar-refractivity contribution in [2.75, 3.05) is 6.54 Å². The van der Waals surface area contributed by atoms with E-state index in [1.165, 1.54) is 83.6 Å². The van der Waals surface area contributed by atoms with Gasteiger partial charge in [0.05, 0.1) is 0 Å². The highest BCUT2D eigenvalue weighted by Crippen LogP contribution is 2.34. The Morgan fingerprint density at radius 1 is 0.833 bits per heavy atom. The van der Waals surface area contributed by atoms with E-state index in [1.54, 1.807) is 0 Å². The largest absolute Gasteiger partial charge is 0.314 e. The smallest absolute Gasteiger partial charge is 0.00954 e. The van der Waals surface area contributed by atoms with Crippen molar-refractivity contribution < 1.29 is 0 Å². The van der Waals surface area contributed by atoms with Crippen LogP contribution in [0.25, 0.3) is 0 Å². The Kier molecular flexibility index (Phi) is 6.54. The molecule has 2 atom stereocenters. The third kappa shape index (κ3) is 4.57. The van der Waals surface area contributed by atoms with Crippen molar-refractivity contribution in [2.24, 2.45) is 11.8 Å². The van der Waals surface area contributed by atoms with Gasteiger partial charge >= 0.3 is 0 Å². The van der Waals surface area contributed by atoms with Gasteiger partial charge in [0.15, 0.2) is 0 Å². The highest BCUT2D eigenvalue weighted by Gasteiger charge is 2.26. The molecule has 0 spiro atoms. The van der Waals surface area contributed by atoms with E-state index >= 15 is 0 Å². The standard InChI is InChI=1S/C17H33N/c1-2-13-18-17-12-8-4-7-11-16(17)14-15-9-5-3-6-10-15/h15-18H,2-14H2,1H3. The van der Waals surface area contributed by atoms with Crippen molar-refractivity contribution in [1.29, 1.82) is 0 Å². The predicted molar refractivity (Wildman–Crippen MR) is 79.8 cm³/mol. The molecule has 0 aromatic rings. The highest BCUT2D eigenvalue weighted by molar-refractivity contribution is 4.82. The molecule has 0 saturated heterocycles. The second-order valence-electron chi connectivity index (χ2n) is 6.70. The Hall–Kier alpha value is -0.0400. The van der Waals surface area contributed by atoms with Crippen molar-refractivity contribution in [2.45, 2.75) is 90.0 Å². The Morgan fingerprint density at radius 2 is 1.50 bits per heavy atom. The zero-order chi connectivity index (χ0) is 12.6. The molecule has 0 radical (unpaired) electrons. The van der Waals surface area contributed by atoms with Crippen LogP contribution in [0, 0.1) is 11.8 Å². The Balaban J connectivity index is 1.83. The molecule has 1 nitrogen and oxygen atoms in total. The normalized spacial score (nSPS) is 31.2. The van der Waals surface area contributed by atoms with Gasteiger partial charge in [0.25, 0.3) is 0 Å². The maximum Gasteiger partial charge on any atom is 0.00954 e. The SMILES string of the molecule is CCCNC1CCCCCC1CC1CCCCC1. The van der Waals surface area contributed by atoms with Crippen molar-refractivity contribution >= 4 is 0 Å². The van der Waals surface area contributed by atoms with Gasteiger partial charge < -0.3 is 5.32 Å². The lowest BCUT2D eigenvalue weighted by atomic mass is 9.79. The Bertz CT molecular complexity index is 208. The van der Waals surface area contributed by atoms with Crippen LogP contribution in [-0.2, 0) is 0 Å². The monoisotopic (exact) mass is 251 g/mol. The first-order valence-corrected chi connectivity index (χ1v) is 8.63. The van der Waals surface area contributed by atoms with Gasteiger partial charge in [-0.3, -0.25) is 0 Å². The first-order valence-electron chi connectivity index (χ1n) is 8.63. The van der Waals surface area contributed by atoms with Crippen molar-refractivity contribution in [3.05, 3.63) is 0 Å². The van der Waals surface area contributed by atoms with Crippen LogP contribution >= 0.6 is 0 Å². The minimum atomic E-state index is 0.842. The van der Waals surface area contributed by atoms with Gasteiger partial charge in [-0.05, 0) is 44.1 Å². The molecular formula is C17H33N. The second-order valence-corrected chi connectivity index (χ2v) is 6.70. The van der Waals surface area contributed by atoms with Crippen LogP contribution in [0.2, 0.25) is 0 Å². The lowest BCUT2D eigenvalue weighted by molar-refractivity contribution is 0.234. The predicted octanol–water partition coefficient (Wildman–Crippen LogP) is 4.91. The van der Waals surface area contributed by atoms with Gasteiger partial charge in [0, 0.05) is 6.04 Å². The molecule has 0 heterocycles. The topological polar surface area (TPSA) is 12.0 Å². The molecule has 0 amide bonds. The summed E-state index contributed by atoms with van der Waals surface area (Å²) in [5.41, 5.74) is 0. The average molecular weight is 251 g/mol. The molecule has 2 aliphatic carbocycles. The molecule has 2 fully saturated rings. The molecule has 2 saturated carbocycles. The fraction of sp³-hybridized carbons (Fsp3) is 1.00. The summed E-state index contributed by atoms with van der Waals surface area (Å²) in [6, 6.07) is 0.842. The molecule has 1 heteroatoms. The zero-order valence-electron chi connectivity index (χ0n) is 12.4. The third-order valence-electron chi connectivity index (χ3n) is 5.18. The summed E-state index contributed by atoms with van der Waals surface area (Å²) >= 11 is 0. The van der Waals surface area contributed by atoms with E-state index in [4.69, 9.17) is 0 Å². The molecule has 0 aromatic carbocycles. The Morgan fingerprint density at radius 3 is 2.22 bits per heavy atom. The summed E-state index contributed by atoms with van der Waals surface area (Å²) in [5, 5.41) is 3.85. The van der Waals surface area contributed by atoms with E-state index in [0.717, 1.165) is 17.9 Å². The molecule has 0 aliphatic heterocycles. The summed E-state index contributed by atoms with van der Waals surface area (Å²) in [4.78, 5) is 0. The number of hydrogen-bond donors (Lipinski definition) is 1. The Labute approximate surface area is 114 Å². The van der Waals surface area contributed by atoms with E-state index in [1.807, 2.05) is 0 Å². The maximum absolute atomic E-state index is 3.85. The second kappa shape index (κ2) is 8.19. The minimum Gasteiger partial charge on any atom is -0.314 e. The summed E-state index contributed by atoms with van der Waals surface area (Å²) < 4.78 is 0. The first kappa shape index (κ1) is 14.4. The van der Waals surface area contributed by atoms with Crippen LogP contribution in [0.15, 0.2) is 0 Å². The molecule has 1 N–H and O–H groups in total. The van der Waals surface area contributed by atoms with Crippen LogP contribution in [0.5, 0.6) is 0 Å². The molecular weight excluding hydrogens is 218 g/mol. The van der Waals surface area contributed by atoms with Crippen molar-refractivity contribution in [1.82, 2.24) is 5.32 Å². The van der Waals surface area contributed by atoms with E-state index in [0.29, 0.717) is 0 Å². The molecule has 0 bridgehead atoms. The molecule has 2 aliphatic rings. The fourth-order valence-electron chi connectivity index (χ4n) is 4.12. The zero-order valence-corrected chi connectivity index (χ0v) is 12.4. The van der Waals surface area contributed by atoms with Crippen molar-refractivity contribution in [3.63, 3.8) is 0 Å². The van der Waals surface area contributed by atoms with Gasteiger partial charge in [-0.2, -0.15) is 0 Å². The van der Waals surface area contributed by atoms with Gasteiger partial charge in [-0.1, -0.05) is 58.3 Å². The summed E-state index contributed by atoms with van der Waals surface area (Å²) in [7, 11) is 0. The quantitative estimate of drug-likeness (QED) is 0.685. The van der Waals surface area contributed by atoms with Gasteiger partial charge in [0.1, 0.15) is 0 Å². The summed E-state index contributed by atoms with van der Waals surface area (Å²) in [5.74, 6) is 2.05. The summed E-state index contributed by atoms with van der Waals surface area (Å²) in [6.45, 7) is 3.52. The lowest BCUT2D eigenvalue weighted by Crippen LogP contribution is -2.37. The van der Waals surface area contributed by atoms with Crippen LogP contribution in [0.4, 0.5) is 0 Å². The van der Waals surface area contributed by atoms with Crippen LogP contribution in [-0.4, -0.2) is 12.6 Å². The average Bonchev–Trinajstić information content (AvgIpc) is 2.63. The van der Waals surface area contributed by atoms with Crippen LogP contribution in [0.3, 0.4) is 0 Å². The van der Waals surface area contributed by atoms with Gasteiger partial charge in [-0.25, -0.2) is 0 Å². The number of nitrogens with one attached hydrogen (secondary N) is 1. The molecule has 2 rings (SSSR count). The fourth-order valence-corrected chi connectivity index (χ4v) is 4.12. The highest BCUT2D eigenvalue weighted by atomic mass is 14.9. The molecule has 2 unspecified atom stereocenters. The third-order valence-corrected chi connectivity index (χ3v) is 5.18. The van der Waals surface area contributed by atoms with E-state index in [-0.39, 0.29) is 0 Å². The lowest BCUT2D eigenvalue weighted by Gasteiger charge is -2.31. The van der Waals surface area contributed by atoms with Crippen LogP contribution < -0.4 is 5.32 Å². The van der Waals surface area contributed by atoms with E-state index in [2.05, 4.69) is 12.2 Å². The number of rotatable bonds is 5. The van der Waals surface area contributed by atoms with E-state index < -0.39 is 0 Å². The molecule has 106 valence electrons. The first-order chi connectivity index (χ1) is 8.90. The van der Waals surface area contributed by atoms with Gasteiger partial charge in [-0.15, -0.1) is 0 Å². The van der Waals surface area contributed by atoms with E-state index in [9.17, 15) is 0 Å². The van der Waals surface area contributed by atoms with Crippen molar-refractivity contribution in [3.8, 4) is 0 Å². The molecule has 0 aromatic heterocycles. The summed E-state index contributed by atoms with van der Waals surface area (Å²) in [6.07, 6.45) is 17.7. The maximum atomic E-state index is 3.85. The minimum absolute atomic E-state index is 0.842. The molecule has 18 heavy (non-hydrogen) atoms.